The second-order valence-corrected chi connectivity index (χ2v) is 16.8. The van der Waals surface area contributed by atoms with Crippen molar-refractivity contribution < 1.29 is 38.1 Å². The highest BCUT2D eigenvalue weighted by molar-refractivity contribution is 8.00. The number of fused-ring (bicyclic) bond motifs is 2. The first-order valence-electron chi connectivity index (χ1n) is 19.1. The Bertz CT molecular complexity index is 1920. The zero-order chi connectivity index (χ0) is 41.3. The largest absolute Gasteiger partial charge is 0.497 e. The van der Waals surface area contributed by atoms with Crippen LogP contribution in [0.4, 0.5) is 11.4 Å². The van der Waals surface area contributed by atoms with Crippen LogP contribution in [0, 0.1) is 0 Å². The van der Waals surface area contributed by atoms with E-state index in [2.05, 4.69) is 0 Å². The number of methoxy groups -OCH3 is 2. The summed E-state index contributed by atoms with van der Waals surface area (Å²) in [6.07, 6.45) is -3.14. The topological polar surface area (TPSA) is 118 Å². The minimum atomic E-state index is -1.21. The first kappa shape index (κ1) is 42.6. The number of thioether (sulfide) groups is 2. The number of rotatable bonds is 15. The fourth-order valence-electron chi connectivity index (χ4n) is 6.72. The normalized spacial score (nSPS) is 19.2. The molecule has 0 saturated carbocycles. The van der Waals surface area contributed by atoms with Gasteiger partial charge in [-0.2, -0.15) is 0 Å². The first-order valence-corrected chi connectivity index (χ1v) is 20.8. The van der Waals surface area contributed by atoms with E-state index in [1.807, 2.05) is 135 Å². The number of para-hydroxylation sites is 2. The van der Waals surface area contributed by atoms with Gasteiger partial charge in [0, 0.05) is 36.0 Å². The molecule has 2 aliphatic heterocycles. The van der Waals surface area contributed by atoms with E-state index < -0.39 is 34.6 Å². The predicted octanol–water partition coefficient (Wildman–Crippen LogP) is 6.49. The van der Waals surface area contributed by atoms with Gasteiger partial charge in [0.05, 0.1) is 48.9 Å². The Hall–Kier alpha value is -5.02. The van der Waals surface area contributed by atoms with Crippen LogP contribution in [-0.4, -0.2) is 114 Å². The van der Waals surface area contributed by atoms with E-state index in [0.717, 1.165) is 32.3 Å². The van der Waals surface area contributed by atoms with Crippen molar-refractivity contribution in [3.63, 3.8) is 0 Å². The third-order valence-electron chi connectivity index (χ3n) is 9.87. The van der Waals surface area contributed by atoms with Crippen LogP contribution in [0.15, 0.2) is 107 Å². The number of anilines is 2. The summed E-state index contributed by atoms with van der Waals surface area (Å²) in [5.41, 5.74) is 3.02. The summed E-state index contributed by atoms with van der Waals surface area (Å²) in [5, 5.41) is -1.19. The Labute approximate surface area is 348 Å². The van der Waals surface area contributed by atoms with E-state index >= 15 is 0 Å². The van der Waals surface area contributed by atoms with Gasteiger partial charge in [-0.05, 0) is 87.8 Å². The van der Waals surface area contributed by atoms with Crippen molar-refractivity contribution in [2.24, 2.45) is 0 Å². The molecular weight excluding hydrogens is 777 g/mol. The summed E-state index contributed by atoms with van der Waals surface area (Å²) in [7, 11) is 10.9. The predicted molar refractivity (Wildman–Crippen MR) is 227 cm³/mol. The molecule has 0 spiro atoms. The van der Waals surface area contributed by atoms with E-state index in [4.69, 9.17) is 18.9 Å². The van der Waals surface area contributed by atoms with Gasteiger partial charge in [0.2, 0.25) is 0 Å². The number of benzene rings is 4. The molecule has 2 aliphatic rings. The zero-order valence-corrected chi connectivity index (χ0v) is 35.3. The summed E-state index contributed by atoms with van der Waals surface area (Å²) < 4.78 is 22.9. The third kappa shape index (κ3) is 10.2. The van der Waals surface area contributed by atoms with Crippen LogP contribution in [0.5, 0.6) is 11.5 Å². The van der Waals surface area contributed by atoms with Crippen LogP contribution in [0.25, 0.3) is 0 Å². The Balaban J connectivity index is 1.24. The number of esters is 2. The molecule has 0 saturated heterocycles. The van der Waals surface area contributed by atoms with Gasteiger partial charge in [-0.3, -0.25) is 19.2 Å². The van der Waals surface area contributed by atoms with Gasteiger partial charge < -0.3 is 38.5 Å². The summed E-state index contributed by atoms with van der Waals surface area (Å²) in [5.74, 6) is -0.896. The summed E-state index contributed by atoms with van der Waals surface area (Å²) in [6.45, 7) is 1.91. The van der Waals surface area contributed by atoms with Crippen molar-refractivity contribution in [2.75, 3.05) is 78.4 Å². The average molecular weight is 827 g/mol. The number of amides is 2. The monoisotopic (exact) mass is 826 g/mol. The number of likely N-dealkylation sites (N-methyl/N-ethyl adjacent to an activating group) is 2. The van der Waals surface area contributed by atoms with Crippen LogP contribution < -0.4 is 19.3 Å². The molecule has 58 heavy (non-hydrogen) atoms. The molecule has 0 aliphatic carbocycles. The third-order valence-corrected chi connectivity index (χ3v) is 12.6. The van der Waals surface area contributed by atoms with Crippen molar-refractivity contribution in [1.82, 2.24) is 9.80 Å². The Morgan fingerprint density at radius 1 is 0.569 bits per heavy atom. The van der Waals surface area contributed by atoms with Gasteiger partial charge in [-0.1, -0.05) is 48.5 Å². The highest BCUT2D eigenvalue weighted by Crippen LogP contribution is 2.48. The summed E-state index contributed by atoms with van der Waals surface area (Å²) in [6, 6.07) is 30.0. The van der Waals surface area contributed by atoms with Crippen molar-refractivity contribution in [1.29, 1.82) is 0 Å². The molecule has 0 radical (unpaired) electrons. The van der Waals surface area contributed by atoms with E-state index in [1.165, 1.54) is 23.5 Å². The molecule has 2 amide bonds. The van der Waals surface area contributed by atoms with Gasteiger partial charge in [0.15, 0.2) is 12.2 Å². The maximum Gasteiger partial charge on any atom is 0.307 e. The number of carbonyl (C=O) groups excluding carboxylic acids is 4. The molecule has 0 aromatic heterocycles. The van der Waals surface area contributed by atoms with Crippen molar-refractivity contribution >= 4 is 58.7 Å². The highest BCUT2D eigenvalue weighted by atomic mass is 32.2. The van der Waals surface area contributed by atoms with Crippen molar-refractivity contribution in [3.05, 3.63) is 108 Å². The fourth-order valence-corrected chi connectivity index (χ4v) is 9.36. The van der Waals surface area contributed by atoms with Crippen LogP contribution in [0.3, 0.4) is 0 Å². The molecule has 6 rings (SSSR count). The lowest BCUT2D eigenvalue weighted by Crippen LogP contribution is -2.45. The smallest absolute Gasteiger partial charge is 0.307 e. The lowest BCUT2D eigenvalue weighted by Gasteiger charge is -2.29. The molecule has 14 heteroatoms. The van der Waals surface area contributed by atoms with Gasteiger partial charge in [-0.15, -0.1) is 23.5 Å². The fraction of sp³-hybridized carbons (Fsp3) is 0.364. The van der Waals surface area contributed by atoms with Crippen LogP contribution in [-0.2, 0) is 28.7 Å². The molecule has 306 valence electrons. The number of nitrogens with zero attached hydrogens (tertiary/aromatic N) is 4. The number of hydrogen-bond acceptors (Lipinski definition) is 12. The van der Waals surface area contributed by atoms with Crippen molar-refractivity contribution in [3.8, 4) is 11.5 Å². The second-order valence-electron chi connectivity index (χ2n) is 14.5. The van der Waals surface area contributed by atoms with Gasteiger partial charge >= 0.3 is 11.9 Å². The molecule has 4 aromatic carbocycles. The number of hydrogen-bond donors (Lipinski definition) is 0. The Morgan fingerprint density at radius 2 is 0.931 bits per heavy atom. The van der Waals surface area contributed by atoms with E-state index in [-0.39, 0.29) is 24.7 Å². The number of ether oxygens (including phenoxy) is 4. The lowest BCUT2D eigenvalue weighted by atomic mass is 10.0. The maximum absolute atomic E-state index is 14.5. The lowest BCUT2D eigenvalue weighted by molar-refractivity contribution is -0.160. The molecule has 12 nitrogen and oxygen atoms in total. The number of carbonyl (C=O) groups is 4. The van der Waals surface area contributed by atoms with Gasteiger partial charge in [0.1, 0.15) is 11.5 Å². The maximum atomic E-state index is 14.5. The molecule has 4 atom stereocenters. The molecule has 4 aromatic rings. The first-order chi connectivity index (χ1) is 28.0. The second kappa shape index (κ2) is 19.6. The van der Waals surface area contributed by atoms with E-state index in [9.17, 15) is 19.2 Å². The molecular formula is C44H50N4O8S2. The van der Waals surface area contributed by atoms with E-state index in [1.54, 1.807) is 24.0 Å². The minimum Gasteiger partial charge on any atom is -0.497 e. The van der Waals surface area contributed by atoms with Crippen LogP contribution >= 0.6 is 23.5 Å². The molecule has 0 unspecified atom stereocenters. The molecule has 0 fully saturated rings. The summed E-state index contributed by atoms with van der Waals surface area (Å²) >= 11 is 2.89. The quantitative estimate of drug-likeness (QED) is 0.122. The standard InChI is InChI=1S/C44H50N4O8S2/c1-45(2)25-27-47-33-11-7-9-13-35(33)57-41(29-15-19-31(53-5)20-16-29)39(43(47)51)55-37(49)23-24-38(50)56-40-42(30-17-21-32(54-6)22-18-30)58-36-14-10-8-12-34(36)48(44(40)52)28-26-46(3)4/h7-22,39-42H,23-28H2,1-6H3/t39-,40-,41+,42+/m0/s1. The van der Waals surface area contributed by atoms with Crippen molar-refractivity contribution in [2.45, 2.75) is 45.3 Å². The molecule has 2 heterocycles. The minimum absolute atomic E-state index is 0.362. The Kier molecular flexibility index (Phi) is 14.4. The summed E-state index contributed by atoms with van der Waals surface area (Å²) in [4.78, 5) is 65.6. The average Bonchev–Trinajstić information content (AvgIpc) is 3.41. The van der Waals surface area contributed by atoms with Gasteiger partial charge in [-0.25, -0.2) is 0 Å². The zero-order valence-electron chi connectivity index (χ0n) is 33.7. The highest BCUT2D eigenvalue weighted by Gasteiger charge is 2.43. The molecule has 0 N–H and O–H groups in total. The SMILES string of the molecule is COc1ccc([C@H]2Sc3ccccc3N(CCN(C)C)C(=O)[C@H]2OC(=O)CCC(=O)O[C@@H]2C(=O)N(CCN(C)C)c3ccccc3S[C@@H]2c2ccc(OC)cc2)cc1. The van der Waals surface area contributed by atoms with Crippen LogP contribution in [0.2, 0.25) is 0 Å². The van der Waals surface area contributed by atoms with E-state index in [0.29, 0.717) is 37.7 Å². The Morgan fingerprint density at radius 3 is 1.28 bits per heavy atom. The van der Waals surface area contributed by atoms with Crippen LogP contribution in [0.1, 0.15) is 34.5 Å². The van der Waals surface area contributed by atoms with Gasteiger partial charge in [0.25, 0.3) is 11.8 Å². The molecule has 0 bridgehead atoms.